The molecule has 0 spiro atoms. The van der Waals surface area contributed by atoms with Crippen LogP contribution < -0.4 is 5.73 Å². The summed E-state index contributed by atoms with van der Waals surface area (Å²) in [6.45, 7) is 0.881. The van der Waals surface area contributed by atoms with E-state index in [-0.39, 0.29) is 11.9 Å². The zero-order valence-electron chi connectivity index (χ0n) is 9.32. The minimum absolute atomic E-state index is 0.182. The van der Waals surface area contributed by atoms with Crippen LogP contribution in [0.15, 0.2) is 0 Å². The van der Waals surface area contributed by atoms with Gasteiger partial charge in [-0.05, 0) is 31.9 Å². The average Bonchev–Trinajstić information content (AvgIpc) is 2.60. The maximum Gasteiger partial charge on any atom is 0.239 e. The molecule has 2 aliphatic rings. The maximum absolute atomic E-state index is 11.8. The first kappa shape index (κ1) is 11.3. The van der Waals surface area contributed by atoms with Gasteiger partial charge >= 0.3 is 0 Å². The summed E-state index contributed by atoms with van der Waals surface area (Å²) in [5, 5.41) is 0.744. The van der Waals surface area contributed by atoms with Crippen molar-refractivity contribution in [3.05, 3.63) is 0 Å². The van der Waals surface area contributed by atoms with E-state index in [1.54, 1.807) is 0 Å². The number of hydrogen-bond acceptors (Lipinski definition) is 3. The van der Waals surface area contributed by atoms with Crippen molar-refractivity contribution >= 4 is 17.7 Å². The van der Waals surface area contributed by atoms with Gasteiger partial charge in [-0.2, -0.15) is 11.8 Å². The van der Waals surface area contributed by atoms with E-state index in [2.05, 4.69) is 6.26 Å². The Morgan fingerprint density at radius 2 is 2.20 bits per heavy atom. The van der Waals surface area contributed by atoms with Gasteiger partial charge in [0.25, 0.3) is 0 Å². The molecule has 0 aromatic rings. The highest BCUT2D eigenvalue weighted by molar-refractivity contribution is 7.99. The molecule has 3 unspecified atom stereocenters. The van der Waals surface area contributed by atoms with Crippen molar-refractivity contribution in [2.75, 3.05) is 12.8 Å². The van der Waals surface area contributed by atoms with E-state index in [1.807, 2.05) is 16.7 Å². The molecular formula is C11H20N2OS. The Balaban J connectivity index is 1.95. The summed E-state index contributed by atoms with van der Waals surface area (Å²) in [7, 11) is 0. The van der Waals surface area contributed by atoms with Crippen molar-refractivity contribution in [3.8, 4) is 0 Å². The summed E-state index contributed by atoms with van der Waals surface area (Å²) in [6.07, 6.45) is 7.93. The molecule has 2 rings (SSSR count). The molecule has 2 N–H and O–H groups in total. The molecule has 0 aromatic carbocycles. The van der Waals surface area contributed by atoms with Crippen LogP contribution in [-0.4, -0.2) is 40.9 Å². The summed E-state index contributed by atoms with van der Waals surface area (Å²) >= 11 is 1.94. The molecule has 3 nitrogen and oxygen atoms in total. The fourth-order valence-corrected chi connectivity index (χ4v) is 3.52. The van der Waals surface area contributed by atoms with Crippen LogP contribution in [0.5, 0.6) is 0 Å². The highest BCUT2D eigenvalue weighted by Gasteiger charge is 2.35. The van der Waals surface area contributed by atoms with Crippen molar-refractivity contribution in [1.82, 2.24) is 4.90 Å². The Labute approximate surface area is 95.8 Å². The predicted octanol–water partition coefficient (Wildman–Crippen LogP) is 1.22. The molecule has 0 bridgehead atoms. The summed E-state index contributed by atoms with van der Waals surface area (Å²) in [4.78, 5) is 13.8. The number of nitrogens with zero attached hydrogens (tertiary/aromatic N) is 1. The third-order valence-electron chi connectivity index (χ3n) is 3.65. The zero-order valence-corrected chi connectivity index (χ0v) is 10.1. The molecule has 15 heavy (non-hydrogen) atoms. The lowest BCUT2D eigenvalue weighted by atomic mass is 9.94. The van der Waals surface area contributed by atoms with Crippen molar-refractivity contribution in [1.29, 1.82) is 0 Å². The summed E-state index contributed by atoms with van der Waals surface area (Å²) in [5.41, 5.74) is 5.75. The van der Waals surface area contributed by atoms with Gasteiger partial charge in [-0.15, -0.1) is 0 Å². The molecule has 4 heteroatoms. The predicted molar refractivity (Wildman–Crippen MR) is 63.9 cm³/mol. The Kier molecular flexibility index (Phi) is 3.57. The first-order chi connectivity index (χ1) is 7.22. The lowest BCUT2D eigenvalue weighted by Crippen LogP contribution is -2.43. The second-order valence-corrected chi connectivity index (χ2v) is 5.74. The fourth-order valence-electron chi connectivity index (χ4n) is 2.70. The summed E-state index contributed by atoms with van der Waals surface area (Å²) in [6, 6.07) is 0.247. The van der Waals surface area contributed by atoms with Crippen molar-refractivity contribution in [2.45, 2.75) is 49.4 Å². The molecule has 1 saturated heterocycles. The highest BCUT2D eigenvalue weighted by Crippen LogP contribution is 2.31. The van der Waals surface area contributed by atoms with Crippen LogP contribution in [0.3, 0.4) is 0 Å². The van der Waals surface area contributed by atoms with E-state index in [0.717, 1.165) is 18.2 Å². The van der Waals surface area contributed by atoms with Gasteiger partial charge in [0.15, 0.2) is 0 Å². The van der Waals surface area contributed by atoms with Gasteiger partial charge in [-0.3, -0.25) is 4.79 Å². The Bertz CT molecular complexity index is 247. The van der Waals surface area contributed by atoms with Crippen LogP contribution in [0.25, 0.3) is 0 Å². The zero-order chi connectivity index (χ0) is 10.8. The summed E-state index contributed by atoms with van der Waals surface area (Å²) < 4.78 is 0. The molecule has 0 aromatic heterocycles. The van der Waals surface area contributed by atoms with Gasteiger partial charge in [-0.25, -0.2) is 0 Å². The molecule has 3 atom stereocenters. The molecule has 1 saturated carbocycles. The monoisotopic (exact) mass is 228 g/mol. The second-order valence-electron chi connectivity index (χ2n) is 4.60. The number of hydrogen-bond donors (Lipinski definition) is 1. The Hall–Kier alpha value is -0.220. The van der Waals surface area contributed by atoms with Crippen molar-refractivity contribution in [2.24, 2.45) is 5.73 Å². The molecule has 0 radical (unpaired) electrons. The quantitative estimate of drug-likeness (QED) is 0.773. The van der Waals surface area contributed by atoms with E-state index < -0.39 is 0 Å². The van der Waals surface area contributed by atoms with E-state index in [9.17, 15) is 4.79 Å². The lowest BCUT2D eigenvalue weighted by Gasteiger charge is -2.34. The number of thioether (sulfide) groups is 1. The third-order valence-corrected chi connectivity index (χ3v) is 4.75. The standard InChI is InChI=1S/C11H20N2OS/c1-15-9-4-2-3-8(7-9)13-6-5-10(12)11(13)14/h8-10H,2-7,12H2,1H3. The van der Waals surface area contributed by atoms with E-state index in [4.69, 9.17) is 5.73 Å². The molecule has 1 aliphatic carbocycles. The van der Waals surface area contributed by atoms with E-state index in [0.29, 0.717) is 6.04 Å². The van der Waals surface area contributed by atoms with Crippen LogP contribution in [0.1, 0.15) is 32.1 Å². The maximum atomic E-state index is 11.8. The van der Waals surface area contributed by atoms with Crippen LogP contribution in [0, 0.1) is 0 Å². The van der Waals surface area contributed by atoms with Gasteiger partial charge in [0.2, 0.25) is 5.91 Å². The van der Waals surface area contributed by atoms with Gasteiger partial charge in [0.1, 0.15) is 0 Å². The third kappa shape index (κ3) is 2.31. The van der Waals surface area contributed by atoms with Crippen LogP contribution in [0.4, 0.5) is 0 Å². The van der Waals surface area contributed by atoms with Crippen molar-refractivity contribution in [3.63, 3.8) is 0 Å². The molecule has 86 valence electrons. The van der Waals surface area contributed by atoms with Gasteiger partial charge in [0.05, 0.1) is 6.04 Å². The van der Waals surface area contributed by atoms with E-state index >= 15 is 0 Å². The fraction of sp³-hybridized carbons (Fsp3) is 0.909. The summed E-state index contributed by atoms with van der Waals surface area (Å²) in [5.74, 6) is 0.182. The minimum atomic E-state index is -0.223. The van der Waals surface area contributed by atoms with Gasteiger partial charge in [-0.1, -0.05) is 6.42 Å². The largest absolute Gasteiger partial charge is 0.338 e. The second kappa shape index (κ2) is 4.74. The molecule has 2 fully saturated rings. The number of amides is 1. The van der Waals surface area contributed by atoms with Crippen molar-refractivity contribution < 1.29 is 4.79 Å². The smallest absolute Gasteiger partial charge is 0.239 e. The SMILES string of the molecule is CSC1CCCC(N2CCC(N)C2=O)C1. The molecule has 1 aliphatic heterocycles. The minimum Gasteiger partial charge on any atom is -0.338 e. The number of likely N-dealkylation sites (tertiary alicyclic amines) is 1. The first-order valence-corrected chi connectivity index (χ1v) is 7.10. The topological polar surface area (TPSA) is 46.3 Å². The number of carbonyl (C=O) groups is 1. The first-order valence-electron chi connectivity index (χ1n) is 5.81. The van der Waals surface area contributed by atoms with Gasteiger partial charge < -0.3 is 10.6 Å². The van der Waals surface area contributed by atoms with Crippen LogP contribution >= 0.6 is 11.8 Å². The molecule has 1 amide bonds. The lowest BCUT2D eigenvalue weighted by molar-refractivity contribution is -0.131. The molecular weight excluding hydrogens is 208 g/mol. The number of carbonyl (C=O) groups excluding carboxylic acids is 1. The average molecular weight is 228 g/mol. The normalized spacial score (nSPS) is 37.3. The van der Waals surface area contributed by atoms with Crippen LogP contribution in [-0.2, 0) is 4.79 Å². The van der Waals surface area contributed by atoms with Crippen LogP contribution in [0.2, 0.25) is 0 Å². The highest BCUT2D eigenvalue weighted by atomic mass is 32.2. The number of nitrogens with two attached hydrogens (primary N) is 1. The number of rotatable bonds is 2. The molecule has 1 heterocycles. The van der Waals surface area contributed by atoms with E-state index in [1.165, 1.54) is 25.7 Å². The van der Waals surface area contributed by atoms with Gasteiger partial charge in [0, 0.05) is 17.8 Å². The Morgan fingerprint density at radius 1 is 1.40 bits per heavy atom. The Morgan fingerprint density at radius 3 is 2.80 bits per heavy atom.